The molecule has 1 atom stereocenters. The maximum atomic E-state index is 6.12. The van der Waals surface area contributed by atoms with E-state index in [1.807, 2.05) is 0 Å². The summed E-state index contributed by atoms with van der Waals surface area (Å²) in [6.45, 7) is 2.31. The number of rotatable bonds is 0. The Balaban J connectivity index is 1.82. The van der Waals surface area contributed by atoms with Crippen LogP contribution in [-0.4, -0.2) is 29.8 Å². The Hall–Kier alpha value is -0.0800. The maximum Gasteiger partial charge on any atom is 0.121 e. The molecule has 3 rings (SSSR count). The molecule has 80 valence electrons. The van der Waals surface area contributed by atoms with Gasteiger partial charge in [0.05, 0.1) is 6.61 Å². The van der Waals surface area contributed by atoms with Crippen LogP contribution in [0.3, 0.4) is 0 Å². The summed E-state index contributed by atoms with van der Waals surface area (Å²) in [6, 6.07) is 0.857. The van der Waals surface area contributed by atoms with Gasteiger partial charge in [0.2, 0.25) is 0 Å². The number of piperidine rings is 1. The smallest absolute Gasteiger partial charge is 0.121 e. The van der Waals surface area contributed by atoms with E-state index in [4.69, 9.17) is 4.74 Å². The molecule has 1 spiro atoms. The van der Waals surface area contributed by atoms with Crippen molar-refractivity contribution in [2.75, 3.05) is 13.2 Å². The zero-order valence-corrected chi connectivity index (χ0v) is 9.00. The first-order chi connectivity index (χ1) is 6.91. The number of hydrogen-bond donors (Lipinski definition) is 0. The zero-order valence-electron chi connectivity index (χ0n) is 9.00. The number of nitrogens with zero attached hydrogens (tertiary/aromatic N) is 1. The highest BCUT2D eigenvalue weighted by atomic mass is 16.5. The van der Waals surface area contributed by atoms with E-state index in [1.54, 1.807) is 0 Å². The highest BCUT2D eigenvalue weighted by Crippen LogP contribution is 2.43. The second-order valence-corrected chi connectivity index (χ2v) is 5.13. The molecule has 0 bridgehead atoms. The van der Waals surface area contributed by atoms with Crippen molar-refractivity contribution in [3.8, 4) is 0 Å². The third kappa shape index (κ3) is 1.31. The van der Waals surface area contributed by atoms with Gasteiger partial charge in [0.15, 0.2) is 0 Å². The predicted octanol–water partition coefficient (Wildman–Crippen LogP) is 2.53. The average Bonchev–Trinajstić information content (AvgIpc) is 2.68. The first-order valence-electron chi connectivity index (χ1n) is 6.31. The largest absolute Gasteiger partial charge is 0.360 e. The van der Waals surface area contributed by atoms with Crippen molar-refractivity contribution in [2.45, 2.75) is 63.1 Å². The molecule has 0 aromatic rings. The zero-order chi connectivity index (χ0) is 9.43. The molecular formula is C12H21NO. The fourth-order valence-corrected chi connectivity index (χ4v) is 3.66. The summed E-state index contributed by atoms with van der Waals surface area (Å²) < 4.78 is 6.12. The molecule has 0 radical (unpaired) electrons. The predicted molar refractivity (Wildman–Crippen MR) is 56.1 cm³/mol. The van der Waals surface area contributed by atoms with E-state index < -0.39 is 0 Å². The number of fused-ring (bicyclic) bond motifs is 2. The van der Waals surface area contributed by atoms with Gasteiger partial charge in [0.1, 0.15) is 5.72 Å². The first-order valence-corrected chi connectivity index (χ1v) is 6.31. The molecule has 2 saturated heterocycles. The fraction of sp³-hybridized carbons (Fsp3) is 1.00. The minimum Gasteiger partial charge on any atom is -0.360 e. The normalized spacial score (nSPS) is 37.3. The summed E-state index contributed by atoms with van der Waals surface area (Å²) in [5.74, 6) is 0. The monoisotopic (exact) mass is 195 g/mol. The van der Waals surface area contributed by atoms with Crippen LogP contribution in [0.1, 0.15) is 51.4 Å². The summed E-state index contributed by atoms with van der Waals surface area (Å²) in [5, 5.41) is 0. The van der Waals surface area contributed by atoms with Gasteiger partial charge >= 0.3 is 0 Å². The average molecular weight is 195 g/mol. The van der Waals surface area contributed by atoms with Gasteiger partial charge in [-0.2, -0.15) is 0 Å². The lowest BCUT2D eigenvalue weighted by Crippen LogP contribution is -2.59. The molecule has 2 heteroatoms. The van der Waals surface area contributed by atoms with Gasteiger partial charge in [0, 0.05) is 12.6 Å². The van der Waals surface area contributed by atoms with E-state index in [9.17, 15) is 0 Å². The summed E-state index contributed by atoms with van der Waals surface area (Å²) in [7, 11) is 0. The number of hydrogen-bond acceptors (Lipinski definition) is 2. The fourth-order valence-electron chi connectivity index (χ4n) is 3.66. The Kier molecular flexibility index (Phi) is 2.29. The van der Waals surface area contributed by atoms with Crippen molar-refractivity contribution in [1.29, 1.82) is 0 Å². The number of ether oxygens (including phenoxy) is 1. The first kappa shape index (κ1) is 9.17. The second kappa shape index (κ2) is 3.49. The van der Waals surface area contributed by atoms with Crippen LogP contribution in [0.2, 0.25) is 0 Å². The standard InChI is InChI=1S/C12H21NO/c1-4-9-13-11(5-1)6-10-14-12(13)7-2-3-8-12/h11H,1-10H2. The van der Waals surface area contributed by atoms with Crippen molar-refractivity contribution in [3.63, 3.8) is 0 Å². The molecule has 0 aromatic carbocycles. The molecule has 2 heterocycles. The molecule has 3 aliphatic rings. The van der Waals surface area contributed by atoms with Gasteiger partial charge in [0.25, 0.3) is 0 Å². The van der Waals surface area contributed by atoms with E-state index in [0.717, 1.165) is 12.6 Å². The van der Waals surface area contributed by atoms with Gasteiger partial charge in [-0.3, -0.25) is 4.90 Å². The van der Waals surface area contributed by atoms with Crippen LogP contribution in [0.4, 0.5) is 0 Å². The quantitative estimate of drug-likeness (QED) is 0.589. The molecule has 0 N–H and O–H groups in total. The van der Waals surface area contributed by atoms with Crippen LogP contribution < -0.4 is 0 Å². The highest BCUT2D eigenvalue weighted by Gasteiger charge is 2.46. The van der Waals surface area contributed by atoms with Crippen LogP contribution >= 0.6 is 0 Å². The Bertz CT molecular complexity index is 208. The molecule has 1 saturated carbocycles. The van der Waals surface area contributed by atoms with E-state index in [-0.39, 0.29) is 5.72 Å². The second-order valence-electron chi connectivity index (χ2n) is 5.13. The molecule has 1 aliphatic carbocycles. The van der Waals surface area contributed by atoms with Gasteiger partial charge in [-0.15, -0.1) is 0 Å². The lowest BCUT2D eigenvalue weighted by molar-refractivity contribution is -0.210. The Labute approximate surface area is 86.6 Å². The van der Waals surface area contributed by atoms with Gasteiger partial charge in [-0.25, -0.2) is 0 Å². The van der Waals surface area contributed by atoms with E-state index in [0.29, 0.717) is 0 Å². The van der Waals surface area contributed by atoms with Crippen molar-refractivity contribution in [3.05, 3.63) is 0 Å². The van der Waals surface area contributed by atoms with Crippen LogP contribution in [0.5, 0.6) is 0 Å². The SMILES string of the molecule is C1CCN2C(C1)CCOC21CCCC1. The minimum atomic E-state index is 0.198. The molecule has 2 nitrogen and oxygen atoms in total. The third-order valence-corrected chi connectivity index (χ3v) is 4.36. The molecular weight excluding hydrogens is 174 g/mol. The van der Waals surface area contributed by atoms with Gasteiger partial charge < -0.3 is 4.74 Å². The highest BCUT2D eigenvalue weighted by molar-refractivity contribution is 4.94. The lowest BCUT2D eigenvalue weighted by Gasteiger charge is -2.51. The van der Waals surface area contributed by atoms with Crippen LogP contribution in [0.25, 0.3) is 0 Å². The molecule has 0 aromatic heterocycles. The molecule has 1 unspecified atom stereocenters. The lowest BCUT2D eigenvalue weighted by atomic mass is 9.93. The third-order valence-electron chi connectivity index (χ3n) is 4.36. The van der Waals surface area contributed by atoms with Crippen LogP contribution in [-0.2, 0) is 4.74 Å². The topological polar surface area (TPSA) is 12.5 Å². The summed E-state index contributed by atoms with van der Waals surface area (Å²) in [4.78, 5) is 2.72. The molecule has 2 aliphatic heterocycles. The van der Waals surface area contributed by atoms with Crippen molar-refractivity contribution in [1.82, 2.24) is 4.90 Å². The van der Waals surface area contributed by atoms with Crippen molar-refractivity contribution >= 4 is 0 Å². The Morgan fingerprint density at radius 2 is 1.86 bits per heavy atom. The van der Waals surface area contributed by atoms with Gasteiger partial charge in [-0.1, -0.05) is 6.42 Å². The van der Waals surface area contributed by atoms with E-state index >= 15 is 0 Å². The summed E-state index contributed by atoms with van der Waals surface area (Å²) >= 11 is 0. The van der Waals surface area contributed by atoms with Crippen LogP contribution in [0, 0.1) is 0 Å². The summed E-state index contributed by atoms with van der Waals surface area (Å²) in [6.07, 6.45) is 10.9. The van der Waals surface area contributed by atoms with Gasteiger partial charge in [-0.05, 0) is 44.9 Å². The van der Waals surface area contributed by atoms with Crippen molar-refractivity contribution < 1.29 is 4.74 Å². The molecule has 0 amide bonds. The van der Waals surface area contributed by atoms with Crippen molar-refractivity contribution in [2.24, 2.45) is 0 Å². The van der Waals surface area contributed by atoms with E-state index in [2.05, 4.69) is 4.90 Å². The Morgan fingerprint density at radius 3 is 2.71 bits per heavy atom. The summed E-state index contributed by atoms with van der Waals surface area (Å²) in [5.41, 5.74) is 0.198. The van der Waals surface area contributed by atoms with E-state index in [1.165, 1.54) is 57.9 Å². The minimum absolute atomic E-state index is 0.198. The molecule has 14 heavy (non-hydrogen) atoms. The maximum absolute atomic E-state index is 6.12. The Morgan fingerprint density at radius 1 is 1.00 bits per heavy atom. The molecule has 3 fully saturated rings. The van der Waals surface area contributed by atoms with Crippen LogP contribution in [0.15, 0.2) is 0 Å².